The molecule has 2 aromatic heterocycles. The van der Waals surface area contributed by atoms with Gasteiger partial charge in [0.25, 0.3) is 0 Å². The molecule has 10 nitrogen and oxygen atoms in total. The minimum absolute atomic E-state index is 0.167. The number of anilines is 2. The lowest BCUT2D eigenvalue weighted by Gasteiger charge is -2.43. The SMILES string of the molecule is Nc1ncc(-c2cc(O[C@H]3C[C@@H](N4CCOCC4)C3)nc(N3CCOCC3)n2)cn1. The Bertz CT molecular complexity index is 848. The van der Waals surface area contributed by atoms with E-state index in [2.05, 4.69) is 19.8 Å². The Hall–Kier alpha value is -2.56. The third-order valence-electron chi connectivity index (χ3n) is 5.87. The molecule has 0 radical (unpaired) electrons. The zero-order chi connectivity index (χ0) is 20.3. The number of morpholine rings is 2. The Kier molecular flexibility index (Phi) is 5.60. The first-order valence-corrected chi connectivity index (χ1v) is 10.5. The van der Waals surface area contributed by atoms with Crippen molar-refractivity contribution in [2.45, 2.75) is 25.0 Å². The zero-order valence-corrected chi connectivity index (χ0v) is 16.9. The summed E-state index contributed by atoms with van der Waals surface area (Å²) in [6.07, 6.45) is 5.54. The monoisotopic (exact) mass is 413 g/mol. The molecule has 1 aliphatic carbocycles. The summed E-state index contributed by atoms with van der Waals surface area (Å²) in [5.74, 6) is 1.47. The topological polar surface area (TPSA) is 112 Å². The van der Waals surface area contributed by atoms with Gasteiger partial charge in [0.1, 0.15) is 6.10 Å². The molecule has 0 aromatic carbocycles. The van der Waals surface area contributed by atoms with Crippen LogP contribution in [0.25, 0.3) is 11.3 Å². The number of hydrogen-bond acceptors (Lipinski definition) is 10. The van der Waals surface area contributed by atoms with E-state index in [-0.39, 0.29) is 12.1 Å². The minimum atomic E-state index is 0.167. The fourth-order valence-corrected chi connectivity index (χ4v) is 4.04. The summed E-state index contributed by atoms with van der Waals surface area (Å²) < 4.78 is 17.2. The van der Waals surface area contributed by atoms with Crippen molar-refractivity contribution in [3.63, 3.8) is 0 Å². The van der Waals surface area contributed by atoms with Gasteiger partial charge < -0.3 is 24.8 Å². The highest BCUT2D eigenvalue weighted by atomic mass is 16.5. The first-order valence-electron chi connectivity index (χ1n) is 10.5. The summed E-state index contributed by atoms with van der Waals surface area (Å²) in [6, 6.07) is 2.44. The Morgan fingerprint density at radius 3 is 2.30 bits per heavy atom. The smallest absolute Gasteiger partial charge is 0.229 e. The largest absolute Gasteiger partial charge is 0.474 e. The second kappa shape index (κ2) is 8.66. The van der Waals surface area contributed by atoms with Crippen LogP contribution in [0, 0.1) is 0 Å². The minimum Gasteiger partial charge on any atom is -0.474 e. The summed E-state index contributed by atoms with van der Waals surface area (Å²) in [7, 11) is 0. The molecule has 0 bridgehead atoms. The number of aromatic nitrogens is 4. The van der Waals surface area contributed by atoms with Gasteiger partial charge in [0.2, 0.25) is 17.8 Å². The molecule has 4 heterocycles. The van der Waals surface area contributed by atoms with E-state index < -0.39 is 0 Å². The second-order valence-corrected chi connectivity index (χ2v) is 7.83. The van der Waals surface area contributed by atoms with Crippen LogP contribution in [-0.2, 0) is 9.47 Å². The van der Waals surface area contributed by atoms with Crippen LogP contribution < -0.4 is 15.4 Å². The van der Waals surface area contributed by atoms with Crippen LogP contribution in [0.3, 0.4) is 0 Å². The fraction of sp³-hybridized carbons (Fsp3) is 0.600. The highest BCUT2D eigenvalue weighted by Gasteiger charge is 2.36. The molecular weight excluding hydrogens is 386 g/mol. The maximum atomic E-state index is 6.26. The van der Waals surface area contributed by atoms with Crippen molar-refractivity contribution >= 4 is 11.9 Å². The molecule has 3 fully saturated rings. The molecule has 0 spiro atoms. The molecule has 30 heavy (non-hydrogen) atoms. The summed E-state index contributed by atoms with van der Waals surface area (Å²) in [6.45, 7) is 6.50. The molecule has 160 valence electrons. The molecule has 0 atom stereocenters. The van der Waals surface area contributed by atoms with Crippen molar-refractivity contribution in [1.82, 2.24) is 24.8 Å². The Morgan fingerprint density at radius 2 is 1.60 bits per heavy atom. The van der Waals surface area contributed by atoms with Crippen LogP contribution in [0.2, 0.25) is 0 Å². The predicted molar refractivity (Wildman–Crippen MR) is 110 cm³/mol. The lowest BCUT2D eigenvalue weighted by molar-refractivity contribution is -0.0383. The van der Waals surface area contributed by atoms with E-state index in [1.165, 1.54) is 0 Å². The number of nitrogens with two attached hydrogens (primary N) is 1. The van der Waals surface area contributed by atoms with Gasteiger partial charge in [0.05, 0.1) is 32.1 Å². The first-order chi connectivity index (χ1) is 14.7. The molecule has 2 N–H and O–H groups in total. The maximum absolute atomic E-state index is 6.26. The summed E-state index contributed by atoms with van der Waals surface area (Å²) in [5.41, 5.74) is 7.14. The van der Waals surface area contributed by atoms with Crippen molar-refractivity contribution in [1.29, 1.82) is 0 Å². The molecule has 0 unspecified atom stereocenters. The van der Waals surface area contributed by atoms with Crippen LogP contribution in [0.1, 0.15) is 12.8 Å². The standard InChI is InChI=1S/C20H27N7O3/c21-19-22-12-14(13-23-19)17-11-18(25-20(24-17)27-3-7-29-8-4-27)30-16-9-15(10-16)26-1-5-28-6-2-26/h11-13,15-16H,1-10H2,(H2,21,22,23)/t15-,16+. The highest BCUT2D eigenvalue weighted by Crippen LogP contribution is 2.32. The van der Waals surface area contributed by atoms with Crippen molar-refractivity contribution in [2.75, 3.05) is 63.2 Å². The van der Waals surface area contributed by atoms with E-state index in [1.54, 1.807) is 12.4 Å². The summed E-state index contributed by atoms with van der Waals surface area (Å²) in [4.78, 5) is 22.2. The highest BCUT2D eigenvalue weighted by molar-refractivity contribution is 5.60. The molecule has 1 saturated carbocycles. The number of hydrogen-bond donors (Lipinski definition) is 1. The van der Waals surface area contributed by atoms with Crippen LogP contribution in [-0.4, -0.2) is 89.6 Å². The van der Waals surface area contributed by atoms with Gasteiger partial charge in [-0.3, -0.25) is 4.90 Å². The van der Waals surface area contributed by atoms with Gasteiger partial charge in [-0.1, -0.05) is 0 Å². The molecule has 3 aliphatic rings. The van der Waals surface area contributed by atoms with Crippen molar-refractivity contribution in [3.05, 3.63) is 18.5 Å². The van der Waals surface area contributed by atoms with Crippen molar-refractivity contribution in [3.8, 4) is 17.1 Å². The third-order valence-corrected chi connectivity index (χ3v) is 5.87. The number of rotatable bonds is 5. The first kappa shape index (κ1) is 19.4. The van der Waals surface area contributed by atoms with Gasteiger partial charge in [-0.15, -0.1) is 0 Å². The molecular formula is C20H27N7O3. The van der Waals surface area contributed by atoms with Gasteiger partial charge in [0.15, 0.2) is 0 Å². The van der Waals surface area contributed by atoms with Crippen LogP contribution in [0.5, 0.6) is 5.88 Å². The number of ether oxygens (including phenoxy) is 3. The molecule has 2 aliphatic heterocycles. The summed E-state index contributed by atoms with van der Waals surface area (Å²) >= 11 is 0. The second-order valence-electron chi connectivity index (χ2n) is 7.83. The van der Waals surface area contributed by atoms with Crippen LogP contribution in [0.15, 0.2) is 18.5 Å². The lowest BCUT2D eigenvalue weighted by atomic mass is 9.87. The fourth-order valence-electron chi connectivity index (χ4n) is 4.04. The molecule has 10 heteroatoms. The predicted octanol–water partition coefficient (Wildman–Crippen LogP) is 0.594. The lowest BCUT2D eigenvalue weighted by Crippen LogP contribution is -2.52. The summed E-state index contributed by atoms with van der Waals surface area (Å²) in [5, 5.41) is 0. The maximum Gasteiger partial charge on any atom is 0.229 e. The molecule has 2 aromatic rings. The van der Waals surface area contributed by atoms with Gasteiger partial charge in [-0.2, -0.15) is 4.98 Å². The van der Waals surface area contributed by atoms with E-state index in [0.29, 0.717) is 31.1 Å². The van der Waals surface area contributed by atoms with E-state index in [9.17, 15) is 0 Å². The van der Waals surface area contributed by atoms with Crippen molar-refractivity contribution < 1.29 is 14.2 Å². The normalized spacial score (nSPS) is 25.0. The Morgan fingerprint density at radius 1 is 0.933 bits per heavy atom. The van der Waals surface area contributed by atoms with E-state index >= 15 is 0 Å². The average molecular weight is 413 g/mol. The van der Waals surface area contributed by atoms with Gasteiger partial charge >= 0.3 is 0 Å². The number of nitrogens with zero attached hydrogens (tertiary/aromatic N) is 6. The molecule has 0 amide bonds. The van der Waals surface area contributed by atoms with Crippen LogP contribution >= 0.6 is 0 Å². The Balaban J connectivity index is 1.33. The van der Waals surface area contributed by atoms with E-state index in [4.69, 9.17) is 29.9 Å². The van der Waals surface area contributed by atoms with E-state index in [0.717, 1.165) is 63.5 Å². The quantitative estimate of drug-likeness (QED) is 0.747. The molecule has 5 rings (SSSR count). The third kappa shape index (κ3) is 4.30. The van der Waals surface area contributed by atoms with Crippen LogP contribution in [0.4, 0.5) is 11.9 Å². The molecule has 2 saturated heterocycles. The number of nitrogen functional groups attached to an aromatic ring is 1. The average Bonchev–Trinajstić information content (AvgIpc) is 2.77. The van der Waals surface area contributed by atoms with Gasteiger partial charge in [-0.25, -0.2) is 15.0 Å². The van der Waals surface area contributed by atoms with Gasteiger partial charge in [0, 0.05) is 69.1 Å². The van der Waals surface area contributed by atoms with Crippen molar-refractivity contribution in [2.24, 2.45) is 0 Å². The van der Waals surface area contributed by atoms with E-state index in [1.807, 2.05) is 6.07 Å². The zero-order valence-electron chi connectivity index (χ0n) is 16.9. The van der Waals surface area contributed by atoms with Gasteiger partial charge in [-0.05, 0) is 0 Å². The Labute approximate surface area is 175 Å².